The van der Waals surface area contributed by atoms with E-state index in [4.69, 9.17) is 14.2 Å². The second kappa shape index (κ2) is 11.8. The molecule has 0 aromatic heterocycles. The average Bonchev–Trinajstić information content (AvgIpc) is 2.26. The molecule has 0 amide bonds. The number of carbonyl (C=O) groups excluding carboxylic acids is 1. The van der Waals surface area contributed by atoms with E-state index in [-0.39, 0.29) is 11.7 Å². The van der Waals surface area contributed by atoms with E-state index in [1.165, 1.54) is 0 Å². The van der Waals surface area contributed by atoms with Gasteiger partial charge in [0.15, 0.2) is 0 Å². The molecule has 0 fully saturated rings. The van der Waals surface area contributed by atoms with E-state index in [1.807, 2.05) is 0 Å². The lowest BCUT2D eigenvalue weighted by atomic mass is 10.2. The average molecular weight is 236 g/mol. The number of rotatable bonds is 10. The van der Waals surface area contributed by atoms with Gasteiger partial charge in [-0.2, -0.15) is 12.6 Å². The van der Waals surface area contributed by atoms with Crippen molar-refractivity contribution in [3.63, 3.8) is 0 Å². The topological polar surface area (TPSA) is 44.8 Å². The van der Waals surface area contributed by atoms with E-state index >= 15 is 0 Å². The van der Waals surface area contributed by atoms with Gasteiger partial charge in [-0.25, -0.2) is 0 Å². The molecule has 15 heavy (non-hydrogen) atoms. The van der Waals surface area contributed by atoms with Gasteiger partial charge in [0.2, 0.25) is 0 Å². The Labute approximate surface area is 96.7 Å². The summed E-state index contributed by atoms with van der Waals surface area (Å²) in [6, 6.07) is 0. The van der Waals surface area contributed by atoms with Crippen molar-refractivity contribution in [1.82, 2.24) is 0 Å². The van der Waals surface area contributed by atoms with Crippen LogP contribution < -0.4 is 0 Å². The van der Waals surface area contributed by atoms with Gasteiger partial charge < -0.3 is 14.2 Å². The van der Waals surface area contributed by atoms with Crippen molar-refractivity contribution in [3.05, 3.63) is 0 Å². The minimum absolute atomic E-state index is 0.122. The Kier molecular flexibility index (Phi) is 11.6. The van der Waals surface area contributed by atoms with Crippen LogP contribution in [0.25, 0.3) is 0 Å². The molecule has 0 spiro atoms. The summed E-state index contributed by atoms with van der Waals surface area (Å²) in [5, 5.41) is 0. The van der Waals surface area contributed by atoms with Crippen molar-refractivity contribution < 1.29 is 19.0 Å². The molecule has 0 bridgehead atoms. The quantitative estimate of drug-likeness (QED) is 0.353. The van der Waals surface area contributed by atoms with E-state index < -0.39 is 0 Å². The maximum Gasteiger partial charge on any atom is 0.315 e. The predicted octanol–water partition coefficient (Wildman–Crippen LogP) is 1.29. The molecule has 0 aliphatic rings. The van der Waals surface area contributed by atoms with Gasteiger partial charge in [-0.15, -0.1) is 0 Å². The third-order valence-corrected chi connectivity index (χ3v) is 2.02. The zero-order valence-corrected chi connectivity index (χ0v) is 10.1. The number of carbonyl (C=O) groups is 1. The molecular weight excluding hydrogens is 216 g/mol. The Morgan fingerprint density at radius 1 is 1.07 bits per heavy atom. The maximum atomic E-state index is 10.7. The third kappa shape index (κ3) is 11.7. The monoisotopic (exact) mass is 236 g/mol. The van der Waals surface area contributed by atoms with Crippen molar-refractivity contribution in [1.29, 1.82) is 0 Å². The van der Waals surface area contributed by atoms with Gasteiger partial charge in [-0.3, -0.25) is 4.79 Å². The Morgan fingerprint density at radius 3 is 2.47 bits per heavy atom. The highest BCUT2D eigenvalue weighted by molar-refractivity contribution is 7.81. The Bertz CT molecular complexity index is 152. The van der Waals surface area contributed by atoms with Gasteiger partial charge in [-0.05, 0) is 19.3 Å². The minimum atomic E-state index is -0.304. The van der Waals surface area contributed by atoms with Crippen LogP contribution in [-0.2, 0) is 19.0 Å². The lowest BCUT2D eigenvalue weighted by Gasteiger charge is -2.04. The molecule has 0 heterocycles. The van der Waals surface area contributed by atoms with Gasteiger partial charge in [-0.1, -0.05) is 0 Å². The van der Waals surface area contributed by atoms with Gasteiger partial charge in [0.25, 0.3) is 0 Å². The first-order valence-electron chi connectivity index (χ1n) is 5.14. The second-order valence-electron chi connectivity index (χ2n) is 3.04. The van der Waals surface area contributed by atoms with E-state index in [0.29, 0.717) is 19.8 Å². The molecule has 5 heteroatoms. The summed E-state index contributed by atoms with van der Waals surface area (Å²) in [7, 11) is 1.70. The zero-order chi connectivity index (χ0) is 11.4. The molecular formula is C10H20O4S. The van der Waals surface area contributed by atoms with Crippen molar-refractivity contribution >= 4 is 18.6 Å². The minimum Gasteiger partial charge on any atom is -0.463 e. The smallest absolute Gasteiger partial charge is 0.315 e. The van der Waals surface area contributed by atoms with Crippen LogP contribution in [0.15, 0.2) is 0 Å². The molecule has 0 aromatic carbocycles. The Balaban J connectivity index is 2.95. The van der Waals surface area contributed by atoms with E-state index in [1.54, 1.807) is 7.11 Å². The molecule has 0 radical (unpaired) electrons. The number of hydrogen-bond donors (Lipinski definition) is 1. The van der Waals surface area contributed by atoms with Crippen LogP contribution >= 0.6 is 12.6 Å². The summed E-state index contributed by atoms with van der Waals surface area (Å²) in [5.41, 5.74) is 0. The lowest BCUT2D eigenvalue weighted by Crippen LogP contribution is -2.11. The molecule has 0 N–H and O–H groups in total. The van der Waals surface area contributed by atoms with Gasteiger partial charge >= 0.3 is 5.97 Å². The number of esters is 1. The first-order valence-corrected chi connectivity index (χ1v) is 5.77. The maximum absolute atomic E-state index is 10.7. The van der Waals surface area contributed by atoms with Gasteiger partial charge in [0.05, 0.1) is 12.4 Å². The SMILES string of the molecule is COCCCCCOCCOC(=O)CS. The van der Waals surface area contributed by atoms with Crippen LogP contribution in [0.5, 0.6) is 0 Å². The summed E-state index contributed by atoms with van der Waals surface area (Å²) < 4.78 is 15.0. The summed E-state index contributed by atoms with van der Waals surface area (Å²) in [4.78, 5) is 10.7. The van der Waals surface area contributed by atoms with Crippen LogP contribution in [0, 0.1) is 0 Å². The fourth-order valence-electron chi connectivity index (χ4n) is 0.989. The van der Waals surface area contributed by atoms with E-state index in [2.05, 4.69) is 12.6 Å². The van der Waals surface area contributed by atoms with Crippen LogP contribution in [-0.4, -0.2) is 45.3 Å². The van der Waals surface area contributed by atoms with Crippen molar-refractivity contribution in [2.75, 3.05) is 39.3 Å². The molecule has 0 aliphatic heterocycles. The molecule has 4 nitrogen and oxygen atoms in total. The summed E-state index contributed by atoms with van der Waals surface area (Å²) in [6.45, 7) is 2.29. The third-order valence-electron chi connectivity index (χ3n) is 1.76. The van der Waals surface area contributed by atoms with Crippen molar-refractivity contribution in [3.8, 4) is 0 Å². The molecule has 0 saturated heterocycles. The molecule has 0 aliphatic carbocycles. The lowest BCUT2D eigenvalue weighted by molar-refractivity contribution is -0.141. The van der Waals surface area contributed by atoms with Crippen molar-refractivity contribution in [2.24, 2.45) is 0 Å². The zero-order valence-electron chi connectivity index (χ0n) is 9.24. The first kappa shape index (κ1) is 14.7. The Hall–Kier alpha value is -0.260. The van der Waals surface area contributed by atoms with Crippen LogP contribution in [0.3, 0.4) is 0 Å². The van der Waals surface area contributed by atoms with Crippen LogP contribution in [0.1, 0.15) is 19.3 Å². The number of unbranched alkanes of at least 4 members (excludes halogenated alkanes) is 2. The summed E-state index contributed by atoms with van der Waals surface area (Å²) in [5.74, 6) is -0.182. The molecule has 0 rings (SSSR count). The highest BCUT2D eigenvalue weighted by Gasteiger charge is 1.97. The molecule has 0 aromatic rings. The number of methoxy groups -OCH3 is 1. The summed E-state index contributed by atoms with van der Waals surface area (Å²) in [6.07, 6.45) is 3.18. The second-order valence-corrected chi connectivity index (χ2v) is 3.36. The standard InChI is InChI=1S/C10H20O4S/c1-12-5-3-2-4-6-13-7-8-14-10(11)9-15/h15H,2-9H2,1H3. The molecule has 0 atom stereocenters. The Morgan fingerprint density at radius 2 is 1.80 bits per heavy atom. The largest absolute Gasteiger partial charge is 0.463 e. The normalized spacial score (nSPS) is 10.3. The van der Waals surface area contributed by atoms with Gasteiger partial charge in [0, 0.05) is 20.3 Å². The summed E-state index contributed by atoms with van der Waals surface area (Å²) >= 11 is 3.78. The highest BCUT2D eigenvalue weighted by Crippen LogP contribution is 1.95. The first-order chi connectivity index (χ1) is 7.31. The number of thiol groups is 1. The van der Waals surface area contributed by atoms with Crippen LogP contribution in [0.4, 0.5) is 0 Å². The fraction of sp³-hybridized carbons (Fsp3) is 0.900. The van der Waals surface area contributed by atoms with Gasteiger partial charge in [0.1, 0.15) is 6.61 Å². The molecule has 0 saturated carbocycles. The molecule has 90 valence electrons. The number of ether oxygens (including phenoxy) is 3. The van der Waals surface area contributed by atoms with E-state index in [9.17, 15) is 4.79 Å². The molecule has 0 unspecified atom stereocenters. The van der Waals surface area contributed by atoms with E-state index in [0.717, 1.165) is 25.9 Å². The van der Waals surface area contributed by atoms with Crippen LogP contribution in [0.2, 0.25) is 0 Å². The fourth-order valence-corrected chi connectivity index (χ4v) is 1.08. The predicted molar refractivity (Wildman–Crippen MR) is 61.4 cm³/mol. The highest BCUT2D eigenvalue weighted by atomic mass is 32.1. The number of hydrogen-bond acceptors (Lipinski definition) is 5. The van der Waals surface area contributed by atoms with Crippen molar-refractivity contribution in [2.45, 2.75) is 19.3 Å².